The van der Waals surface area contributed by atoms with Gasteiger partial charge in [-0.15, -0.1) is 0 Å². The second kappa shape index (κ2) is 9.76. The Bertz CT molecular complexity index is 474. The molecule has 0 radical (unpaired) electrons. The summed E-state index contributed by atoms with van der Waals surface area (Å²) in [4.78, 5) is 21.7. The van der Waals surface area contributed by atoms with Crippen molar-refractivity contribution in [2.24, 2.45) is 0 Å². The molecule has 122 valence electrons. The maximum absolute atomic E-state index is 11.6. The average molecular weight is 308 g/mol. The van der Waals surface area contributed by atoms with E-state index in [2.05, 4.69) is 12.2 Å². The third kappa shape index (κ3) is 7.06. The number of rotatable bonds is 9. The average Bonchev–Trinajstić information content (AvgIpc) is 2.50. The van der Waals surface area contributed by atoms with E-state index in [1.807, 2.05) is 6.92 Å². The van der Waals surface area contributed by atoms with Crippen molar-refractivity contribution >= 4 is 11.8 Å². The predicted molar refractivity (Wildman–Crippen MR) is 84.6 cm³/mol. The zero-order valence-corrected chi connectivity index (χ0v) is 13.2. The molecular weight excluding hydrogens is 284 g/mol. The van der Waals surface area contributed by atoms with Gasteiger partial charge in [0, 0.05) is 18.2 Å². The summed E-state index contributed by atoms with van der Waals surface area (Å²) in [7, 11) is 0. The predicted octanol–water partition coefficient (Wildman–Crippen LogP) is 4.18. The topological polar surface area (TPSA) is 81.5 Å². The van der Waals surface area contributed by atoms with Crippen LogP contribution >= 0.6 is 0 Å². The molecule has 0 aromatic heterocycles. The third-order valence-electron chi connectivity index (χ3n) is 3.37. The fraction of sp³-hybridized carbons (Fsp3) is 0.562. The number of hydrogen-bond acceptors (Lipinski definition) is 4. The molecule has 0 aliphatic rings. The van der Waals surface area contributed by atoms with Gasteiger partial charge in [-0.25, -0.2) is 4.79 Å². The van der Waals surface area contributed by atoms with Crippen molar-refractivity contribution in [1.29, 1.82) is 0 Å². The second-order valence-corrected chi connectivity index (χ2v) is 5.39. The molecule has 0 spiro atoms. The Kier molecular flexibility index (Phi) is 7.96. The van der Waals surface area contributed by atoms with Crippen LogP contribution in [0.25, 0.3) is 0 Å². The number of nitrogens with one attached hydrogen (secondary N) is 1. The molecule has 1 atom stereocenters. The Morgan fingerprint density at radius 1 is 1.27 bits per heavy atom. The highest BCUT2D eigenvalue weighted by Gasteiger charge is 2.09. The Balaban J connectivity index is 2.26. The van der Waals surface area contributed by atoms with Crippen LogP contribution in [0, 0.1) is 10.1 Å². The van der Waals surface area contributed by atoms with Crippen LogP contribution in [0.2, 0.25) is 0 Å². The van der Waals surface area contributed by atoms with Crippen LogP contribution in [0.3, 0.4) is 0 Å². The minimum atomic E-state index is -0.461. The quantitative estimate of drug-likeness (QED) is 0.421. The number of nitro benzene ring substituents is 1. The Morgan fingerprint density at radius 2 is 1.95 bits per heavy atom. The number of non-ortho nitro benzene ring substituents is 1. The fourth-order valence-corrected chi connectivity index (χ4v) is 2.06. The Hall–Kier alpha value is -2.11. The lowest BCUT2D eigenvalue weighted by Gasteiger charge is -2.13. The lowest BCUT2D eigenvalue weighted by Crippen LogP contribution is -2.32. The fourth-order valence-electron chi connectivity index (χ4n) is 2.06. The number of ether oxygens (including phenoxy) is 1. The molecule has 1 aromatic rings. The summed E-state index contributed by atoms with van der Waals surface area (Å²) in [5, 5.41) is 13.3. The van der Waals surface area contributed by atoms with Crippen LogP contribution in [0.4, 0.5) is 10.5 Å². The van der Waals surface area contributed by atoms with Crippen molar-refractivity contribution in [3.05, 3.63) is 39.9 Å². The van der Waals surface area contributed by atoms with E-state index >= 15 is 0 Å². The van der Waals surface area contributed by atoms with Crippen LogP contribution in [0.1, 0.15) is 51.5 Å². The monoisotopic (exact) mass is 308 g/mol. The van der Waals surface area contributed by atoms with Gasteiger partial charge < -0.3 is 10.1 Å². The molecule has 6 nitrogen and oxygen atoms in total. The molecular formula is C16H24N2O4. The number of benzene rings is 1. The number of alkyl carbamates (subject to hydrolysis) is 1. The van der Waals surface area contributed by atoms with Crippen LogP contribution in [0.5, 0.6) is 0 Å². The number of hydrogen-bond donors (Lipinski definition) is 1. The minimum Gasteiger partial charge on any atom is -0.445 e. The Labute approximate surface area is 131 Å². The van der Waals surface area contributed by atoms with Crippen LogP contribution in [0.15, 0.2) is 24.3 Å². The van der Waals surface area contributed by atoms with E-state index in [1.54, 1.807) is 12.1 Å². The van der Waals surface area contributed by atoms with E-state index in [-0.39, 0.29) is 18.3 Å². The molecule has 0 aliphatic carbocycles. The first-order chi connectivity index (χ1) is 10.5. The van der Waals surface area contributed by atoms with E-state index in [4.69, 9.17) is 4.74 Å². The van der Waals surface area contributed by atoms with Crippen molar-refractivity contribution in [2.45, 2.75) is 58.6 Å². The highest BCUT2D eigenvalue weighted by molar-refractivity contribution is 5.67. The van der Waals surface area contributed by atoms with E-state index in [9.17, 15) is 14.9 Å². The standard InChI is InChI=1S/C16H24N2O4/c1-3-4-5-6-7-13(2)17-16(19)22-12-14-8-10-15(11-9-14)18(20)21/h8-11,13H,3-7,12H2,1-2H3,(H,17,19)/t13-/m0/s1. The molecule has 0 bridgehead atoms. The molecule has 0 aliphatic heterocycles. The number of carbonyl (C=O) groups is 1. The van der Waals surface area contributed by atoms with Crippen LogP contribution in [-0.2, 0) is 11.3 Å². The maximum atomic E-state index is 11.6. The van der Waals surface area contributed by atoms with Crippen molar-refractivity contribution < 1.29 is 14.5 Å². The first-order valence-electron chi connectivity index (χ1n) is 7.69. The van der Waals surface area contributed by atoms with Crippen molar-refractivity contribution in [2.75, 3.05) is 0 Å². The van der Waals surface area contributed by atoms with Crippen molar-refractivity contribution in [3.63, 3.8) is 0 Å². The first-order valence-corrected chi connectivity index (χ1v) is 7.69. The van der Waals surface area contributed by atoms with Gasteiger partial charge in [0.25, 0.3) is 5.69 Å². The smallest absolute Gasteiger partial charge is 0.407 e. The number of carbonyl (C=O) groups excluding carboxylic acids is 1. The molecule has 0 saturated heterocycles. The highest BCUT2D eigenvalue weighted by Crippen LogP contribution is 2.12. The van der Waals surface area contributed by atoms with Gasteiger partial charge in [-0.1, -0.05) is 32.6 Å². The van der Waals surface area contributed by atoms with E-state index in [0.29, 0.717) is 0 Å². The van der Waals surface area contributed by atoms with Crippen molar-refractivity contribution in [1.82, 2.24) is 5.32 Å². The van der Waals surface area contributed by atoms with Gasteiger partial charge in [-0.3, -0.25) is 10.1 Å². The van der Waals surface area contributed by atoms with Gasteiger partial charge in [0.1, 0.15) is 6.61 Å². The molecule has 6 heteroatoms. The summed E-state index contributed by atoms with van der Waals surface area (Å²) in [6.45, 7) is 4.22. The van der Waals surface area contributed by atoms with Gasteiger partial charge in [0.15, 0.2) is 0 Å². The number of nitro groups is 1. The normalized spacial score (nSPS) is 11.7. The van der Waals surface area contributed by atoms with E-state index in [0.717, 1.165) is 18.4 Å². The molecule has 0 heterocycles. The SMILES string of the molecule is CCCCCC[C@H](C)NC(=O)OCc1ccc([N+](=O)[O-])cc1. The molecule has 0 fully saturated rings. The van der Waals surface area contributed by atoms with Gasteiger partial charge in [-0.2, -0.15) is 0 Å². The van der Waals surface area contributed by atoms with Crippen molar-refractivity contribution in [3.8, 4) is 0 Å². The highest BCUT2D eigenvalue weighted by atomic mass is 16.6. The molecule has 22 heavy (non-hydrogen) atoms. The zero-order chi connectivity index (χ0) is 16.4. The number of unbranched alkanes of at least 4 members (excludes halogenated alkanes) is 3. The lowest BCUT2D eigenvalue weighted by atomic mass is 10.1. The molecule has 0 saturated carbocycles. The maximum Gasteiger partial charge on any atom is 0.407 e. The molecule has 1 amide bonds. The number of amides is 1. The second-order valence-electron chi connectivity index (χ2n) is 5.39. The summed E-state index contributed by atoms with van der Waals surface area (Å²) in [6, 6.07) is 6.04. The third-order valence-corrected chi connectivity index (χ3v) is 3.37. The van der Waals surface area contributed by atoms with Gasteiger partial charge in [-0.05, 0) is 31.0 Å². The van der Waals surface area contributed by atoms with Gasteiger partial charge in [0.05, 0.1) is 4.92 Å². The van der Waals surface area contributed by atoms with Crippen LogP contribution < -0.4 is 5.32 Å². The molecule has 1 N–H and O–H groups in total. The minimum absolute atomic E-state index is 0.0221. The summed E-state index contributed by atoms with van der Waals surface area (Å²) in [5.41, 5.74) is 0.741. The lowest BCUT2D eigenvalue weighted by molar-refractivity contribution is -0.384. The number of nitrogens with zero attached hydrogens (tertiary/aromatic N) is 1. The molecule has 1 rings (SSSR count). The van der Waals surface area contributed by atoms with Crippen LogP contribution in [-0.4, -0.2) is 17.1 Å². The molecule has 0 unspecified atom stereocenters. The molecule has 1 aromatic carbocycles. The van der Waals surface area contributed by atoms with Gasteiger partial charge in [0.2, 0.25) is 0 Å². The zero-order valence-electron chi connectivity index (χ0n) is 13.2. The first kappa shape index (κ1) is 17.9. The summed E-state index contributed by atoms with van der Waals surface area (Å²) in [5.74, 6) is 0. The van der Waals surface area contributed by atoms with E-state index < -0.39 is 11.0 Å². The largest absolute Gasteiger partial charge is 0.445 e. The summed E-state index contributed by atoms with van der Waals surface area (Å²) >= 11 is 0. The summed E-state index contributed by atoms with van der Waals surface area (Å²) < 4.78 is 5.11. The Morgan fingerprint density at radius 3 is 2.55 bits per heavy atom. The van der Waals surface area contributed by atoms with E-state index in [1.165, 1.54) is 31.4 Å². The summed E-state index contributed by atoms with van der Waals surface area (Å²) in [6.07, 6.45) is 5.17. The van der Waals surface area contributed by atoms with Gasteiger partial charge >= 0.3 is 6.09 Å².